The van der Waals surface area contributed by atoms with E-state index in [2.05, 4.69) is 5.32 Å². The van der Waals surface area contributed by atoms with Crippen molar-refractivity contribution >= 4 is 27.5 Å². The number of sulfonamides is 1. The van der Waals surface area contributed by atoms with Gasteiger partial charge >= 0.3 is 0 Å². The highest BCUT2D eigenvalue weighted by molar-refractivity contribution is 7.92. The Kier molecular flexibility index (Phi) is 11.6. The number of nitrogens with zero attached hydrogens (tertiary/aromatic N) is 2. The van der Waals surface area contributed by atoms with Crippen molar-refractivity contribution in [1.29, 1.82) is 0 Å². The summed E-state index contributed by atoms with van der Waals surface area (Å²) in [5, 5.41) is 2.97. The van der Waals surface area contributed by atoms with Crippen LogP contribution >= 0.6 is 0 Å². The molecule has 0 aliphatic heterocycles. The summed E-state index contributed by atoms with van der Waals surface area (Å²) in [6.45, 7) is 6.44. The van der Waals surface area contributed by atoms with Gasteiger partial charge in [0.2, 0.25) is 21.8 Å². The highest BCUT2D eigenvalue weighted by Gasteiger charge is 2.30. The first kappa shape index (κ1) is 32.7. The summed E-state index contributed by atoms with van der Waals surface area (Å²) in [6.07, 6.45) is 1.30. The minimum Gasteiger partial charge on any atom is -0.354 e. The summed E-state index contributed by atoms with van der Waals surface area (Å²) in [6, 6.07) is 19.2. The molecule has 3 aromatic carbocycles. The van der Waals surface area contributed by atoms with E-state index in [9.17, 15) is 26.8 Å². The fourth-order valence-corrected chi connectivity index (χ4v) is 5.59. The number of nitrogens with one attached hydrogen (secondary N) is 1. The molecule has 0 radical (unpaired) electrons. The molecule has 0 saturated heterocycles. The standard InChI is InChI=1S/C32H39F2N3O4S/c1-23(2)21-35-32(39)30(19-25-11-6-5-7-12-25)36(22-26-13-8-10-24(3)18-26)31(38)14-9-17-37(42(4,40)41)27-15-16-28(33)29(34)20-27/h5-8,10-13,15-16,18,20,23,30H,9,14,17,19,21-22H2,1-4H3,(H,35,39)/t30-/m1/s1. The van der Waals surface area contributed by atoms with Crippen LogP contribution in [0.15, 0.2) is 72.8 Å². The van der Waals surface area contributed by atoms with Gasteiger partial charge in [0.1, 0.15) is 6.04 Å². The van der Waals surface area contributed by atoms with Gasteiger partial charge in [0.05, 0.1) is 11.9 Å². The van der Waals surface area contributed by atoms with Crippen LogP contribution in [0.1, 0.15) is 43.4 Å². The van der Waals surface area contributed by atoms with E-state index in [1.54, 1.807) is 4.90 Å². The SMILES string of the molecule is Cc1cccc(CN(C(=O)CCCN(c2ccc(F)c(F)c2)S(C)(=O)=O)[C@H](Cc2ccccc2)C(=O)NCC(C)C)c1. The molecule has 226 valence electrons. The van der Waals surface area contributed by atoms with Crippen LogP contribution in [0.25, 0.3) is 0 Å². The van der Waals surface area contributed by atoms with Crippen LogP contribution in [0.4, 0.5) is 14.5 Å². The Morgan fingerprint density at radius 3 is 2.21 bits per heavy atom. The fraction of sp³-hybridized carbons (Fsp3) is 0.375. The van der Waals surface area contributed by atoms with Gasteiger partial charge in [-0.1, -0.05) is 74.0 Å². The number of anilines is 1. The Morgan fingerprint density at radius 2 is 1.60 bits per heavy atom. The van der Waals surface area contributed by atoms with Crippen molar-refractivity contribution < 1.29 is 26.8 Å². The maximum atomic E-state index is 13.9. The van der Waals surface area contributed by atoms with Gasteiger partial charge in [-0.3, -0.25) is 13.9 Å². The molecule has 3 rings (SSSR count). The molecule has 7 nitrogen and oxygen atoms in total. The zero-order valence-corrected chi connectivity index (χ0v) is 25.3. The molecule has 2 amide bonds. The lowest BCUT2D eigenvalue weighted by Crippen LogP contribution is -2.51. The third-order valence-corrected chi connectivity index (χ3v) is 7.93. The van der Waals surface area contributed by atoms with E-state index in [0.29, 0.717) is 13.0 Å². The predicted octanol–water partition coefficient (Wildman–Crippen LogP) is 5.23. The van der Waals surface area contributed by atoms with Gasteiger partial charge in [-0.05, 0) is 42.5 Å². The summed E-state index contributed by atoms with van der Waals surface area (Å²) in [5.41, 5.74) is 2.73. The highest BCUT2D eigenvalue weighted by Crippen LogP contribution is 2.22. The Morgan fingerprint density at radius 1 is 0.905 bits per heavy atom. The Hall–Kier alpha value is -3.79. The first-order valence-corrected chi connectivity index (χ1v) is 15.8. The Balaban J connectivity index is 1.89. The number of amides is 2. The van der Waals surface area contributed by atoms with Crippen LogP contribution in [0.5, 0.6) is 0 Å². The largest absolute Gasteiger partial charge is 0.354 e. The van der Waals surface area contributed by atoms with Gasteiger partial charge in [0.25, 0.3) is 0 Å². The number of benzene rings is 3. The molecule has 1 N–H and O–H groups in total. The van der Waals surface area contributed by atoms with Crippen molar-refractivity contribution in [3.8, 4) is 0 Å². The second-order valence-corrected chi connectivity index (χ2v) is 12.8. The maximum Gasteiger partial charge on any atom is 0.243 e. The molecule has 0 aliphatic rings. The molecule has 42 heavy (non-hydrogen) atoms. The first-order valence-electron chi connectivity index (χ1n) is 13.9. The summed E-state index contributed by atoms with van der Waals surface area (Å²) >= 11 is 0. The van der Waals surface area contributed by atoms with Crippen molar-refractivity contribution in [3.05, 3.63) is 101 Å². The molecule has 3 aromatic rings. The first-order chi connectivity index (χ1) is 19.8. The summed E-state index contributed by atoms with van der Waals surface area (Å²) in [7, 11) is -3.85. The highest BCUT2D eigenvalue weighted by atomic mass is 32.2. The fourth-order valence-electron chi connectivity index (χ4n) is 4.63. The molecule has 0 unspecified atom stereocenters. The summed E-state index contributed by atoms with van der Waals surface area (Å²) in [4.78, 5) is 29.0. The smallest absolute Gasteiger partial charge is 0.243 e. The average Bonchev–Trinajstić information content (AvgIpc) is 2.93. The summed E-state index contributed by atoms with van der Waals surface area (Å²) < 4.78 is 53.3. The molecule has 10 heteroatoms. The normalized spacial score (nSPS) is 12.2. The van der Waals surface area contributed by atoms with E-state index in [0.717, 1.165) is 39.4 Å². The minimum absolute atomic E-state index is 0.0320. The van der Waals surface area contributed by atoms with Crippen molar-refractivity contribution in [2.45, 2.75) is 52.6 Å². The van der Waals surface area contributed by atoms with E-state index in [4.69, 9.17) is 0 Å². The van der Waals surface area contributed by atoms with Crippen LogP contribution in [0.3, 0.4) is 0 Å². The number of hydrogen-bond donors (Lipinski definition) is 1. The van der Waals surface area contributed by atoms with Crippen LogP contribution in [-0.4, -0.2) is 50.5 Å². The number of rotatable bonds is 14. The summed E-state index contributed by atoms with van der Waals surface area (Å²) in [5.74, 6) is -2.64. The van der Waals surface area contributed by atoms with E-state index >= 15 is 0 Å². The quantitative estimate of drug-likeness (QED) is 0.275. The third-order valence-electron chi connectivity index (χ3n) is 6.73. The van der Waals surface area contributed by atoms with E-state index in [1.807, 2.05) is 75.4 Å². The lowest BCUT2D eigenvalue weighted by molar-refractivity contribution is -0.141. The van der Waals surface area contributed by atoms with E-state index < -0.39 is 27.7 Å². The van der Waals surface area contributed by atoms with Gasteiger partial charge in [-0.15, -0.1) is 0 Å². The number of hydrogen-bond acceptors (Lipinski definition) is 4. The second-order valence-electron chi connectivity index (χ2n) is 10.9. The lowest BCUT2D eigenvalue weighted by atomic mass is 10.0. The molecule has 0 fully saturated rings. The minimum atomic E-state index is -3.85. The van der Waals surface area contributed by atoms with Gasteiger partial charge < -0.3 is 10.2 Å². The molecule has 0 spiro atoms. The molecule has 0 aromatic heterocycles. The average molecular weight is 600 g/mol. The van der Waals surface area contributed by atoms with Crippen LogP contribution in [-0.2, 0) is 32.6 Å². The van der Waals surface area contributed by atoms with Crippen LogP contribution in [0, 0.1) is 24.5 Å². The van der Waals surface area contributed by atoms with Crippen LogP contribution < -0.4 is 9.62 Å². The topological polar surface area (TPSA) is 86.8 Å². The van der Waals surface area contributed by atoms with Gasteiger partial charge in [0.15, 0.2) is 11.6 Å². The molecule has 0 bridgehead atoms. The molecule has 0 heterocycles. The number of aryl methyl sites for hydroxylation is 1. The molecular formula is C32H39F2N3O4S. The predicted molar refractivity (Wildman–Crippen MR) is 161 cm³/mol. The van der Waals surface area contributed by atoms with Crippen molar-refractivity contribution in [3.63, 3.8) is 0 Å². The van der Waals surface area contributed by atoms with Gasteiger partial charge in [-0.2, -0.15) is 0 Å². The number of halogens is 2. The zero-order valence-electron chi connectivity index (χ0n) is 24.5. The molecular weight excluding hydrogens is 560 g/mol. The second kappa shape index (κ2) is 14.9. The zero-order chi connectivity index (χ0) is 30.9. The molecule has 1 atom stereocenters. The van der Waals surface area contributed by atoms with Crippen LogP contribution in [0.2, 0.25) is 0 Å². The van der Waals surface area contributed by atoms with Gasteiger partial charge in [0, 0.05) is 38.5 Å². The maximum absolute atomic E-state index is 13.9. The number of carbonyl (C=O) groups is 2. The molecule has 0 saturated carbocycles. The van der Waals surface area contributed by atoms with Gasteiger partial charge in [-0.25, -0.2) is 17.2 Å². The Bertz CT molecular complexity index is 1470. The third kappa shape index (κ3) is 9.65. The number of carbonyl (C=O) groups excluding carboxylic acids is 2. The molecule has 0 aliphatic carbocycles. The van der Waals surface area contributed by atoms with E-state index in [1.165, 1.54) is 6.07 Å². The van der Waals surface area contributed by atoms with E-state index in [-0.39, 0.29) is 49.4 Å². The Labute approximate surface area is 247 Å². The van der Waals surface area contributed by atoms with Crippen molar-refractivity contribution in [2.75, 3.05) is 23.7 Å². The lowest BCUT2D eigenvalue weighted by Gasteiger charge is -2.32. The monoisotopic (exact) mass is 599 g/mol. The van der Waals surface area contributed by atoms with Crippen molar-refractivity contribution in [2.24, 2.45) is 5.92 Å². The van der Waals surface area contributed by atoms with Crippen molar-refractivity contribution in [1.82, 2.24) is 10.2 Å².